The molecule has 1 fully saturated rings. The van der Waals surface area contributed by atoms with Crippen molar-refractivity contribution in [3.8, 4) is 0 Å². The van der Waals surface area contributed by atoms with Crippen molar-refractivity contribution in [3.63, 3.8) is 0 Å². The Kier molecular flexibility index (Phi) is 4.38. The highest BCUT2D eigenvalue weighted by Crippen LogP contribution is 2.26. The van der Waals surface area contributed by atoms with Crippen molar-refractivity contribution < 1.29 is 14.3 Å². The van der Waals surface area contributed by atoms with E-state index in [4.69, 9.17) is 16.3 Å². The van der Waals surface area contributed by atoms with Gasteiger partial charge in [-0.2, -0.15) is 0 Å². The van der Waals surface area contributed by atoms with E-state index < -0.39 is 0 Å². The van der Waals surface area contributed by atoms with Crippen molar-refractivity contribution in [1.82, 2.24) is 9.47 Å². The van der Waals surface area contributed by atoms with Gasteiger partial charge in [0.1, 0.15) is 5.69 Å². The number of halogens is 1. The van der Waals surface area contributed by atoms with E-state index in [2.05, 4.69) is 0 Å². The number of aromatic nitrogens is 1. The number of ether oxygens (including phenoxy) is 1. The fourth-order valence-corrected chi connectivity index (χ4v) is 2.89. The van der Waals surface area contributed by atoms with Crippen LogP contribution in [0, 0.1) is 11.8 Å². The molecule has 0 radical (unpaired) electrons. The van der Waals surface area contributed by atoms with Gasteiger partial charge >= 0.3 is 5.97 Å². The standard InChI is InChI=1S/C14H19ClN2O3/c1-4-16-7-10(15)5-12(16)13(18)17-6-9(2)11(8-17)14(19)20-3/h5,7,9,11H,4,6,8H2,1-3H3. The molecule has 2 heterocycles. The van der Waals surface area contributed by atoms with Crippen LogP contribution in [0.1, 0.15) is 24.3 Å². The maximum absolute atomic E-state index is 12.5. The molecular weight excluding hydrogens is 280 g/mol. The Morgan fingerprint density at radius 2 is 2.15 bits per heavy atom. The Bertz CT molecular complexity index is 526. The zero-order chi connectivity index (χ0) is 14.9. The van der Waals surface area contributed by atoms with Gasteiger partial charge in [-0.1, -0.05) is 18.5 Å². The molecule has 1 aromatic heterocycles. The van der Waals surface area contributed by atoms with Crippen LogP contribution in [-0.2, 0) is 16.1 Å². The molecule has 0 bridgehead atoms. The van der Waals surface area contributed by atoms with Crippen LogP contribution in [0.15, 0.2) is 12.3 Å². The predicted molar refractivity (Wildman–Crippen MR) is 75.7 cm³/mol. The Labute approximate surface area is 123 Å². The lowest BCUT2D eigenvalue weighted by atomic mass is 9.99. The number of carbonyl (C=O) groups excluding carboxylic acids is 2. The van der Waals surface area contributed by atoms with Crippen molar-refractivity contribution in [1.29, 1.82) is 0 Å². The number of hydrogen-bond acceptors (Lipinski definition) is 3. The number of rotatable bonds is 3. The summed E-state index contributed by atoms with van der Waals surface area (Å²) in [5, 5.41) is 0.548. The zero-order valence-corrected chi connectivity index (χ0v) is 12.7. The summed E-state index contributed by atoms with van der Waals surface area (Å²) in [5.41, 5.74) is 0.565. The van der Waals surface area contributed by atoms with Gasteiger partial charge in [-0.3, -0.25) is 9.59 Å². The average molecular weight is 299 g/mol. The summed E-state index contributed by atoms with van der Waals surface area (Å²) in [5.74, 6) is -0.481. The molecule has 1 amide bonds. The van der Waals surface area contributed by atoms with Gasteiger partial charge in [0, 0.05) is 25.8 Å². The maximum Gasteiger partial charge on any atom is 0.310 e. The minimum atomic E-state index is -0.253. The van der Waals surface area contributed by atoms with Crippen LogP contribution in [0.3, 0.4) is 0 Å². The highest BCUT2D eigenvalue weighted by molar-refractivity contribution is 6.31. The molecule has 1 saturated heterocycles. The molecule has 2 rings (SSSR count). The largest absolute Gasteiger partial charge is 0.469 e. The number of likely N-dealkylation sites (tertiary alicyclic amines) is 1. The van der Waals surface area contributed by atoms with E-state index in [0.717, 1.165) is 0 Å². The molecule has 1 aliphatic heterocycles. The molecule has 0 N–H and O–H groups in total. The first-order valence-electron chi connectivity index (χ1n) is 6.70. The van der Waals surface area contributed by atoms with Crippen molar-refractivity contribution in [2.75, 3.05) is 20.2 Å². The first kappa shape index (κ1) is 14.9. The van der Waals surface area contributed by atoms with Crippen molar-refractivity contribution in [3.05, 3.63) is 23.0 Å². The molecule has 0 aromatic carbocycles. The second-order valence-electron chi connectivity index (χ2n) is 5.15. The second-order valence-corrected chi connectivity index (χ2v) is 5.58. The summed E-state index contributed by atoms with van der Waals surface area (Å²) >= 11 is 5.96. The van der Waals surface area contributed by atoms with Crippen molar-refractivity contribution in [2.24, 2.45) is 11.8 Å². The zero-order valence-electron chi connectivity index (χ0n) is 11.9. The van der Waals surface area contributed by atoms with Crippen LogP contribution in [-0.4, -0.2) is 41.5 Å². The summed E-state index contributed by atoms with van der Waals surface area (Å²) in [6.45, 7) is 5.56. The molecule has 2 atom stereocenters. The summed E-state index contributed by atoms with van der Waals surface area (Å²) < 4.78 is 6.60. The van der Waals surface area contributed by atoms with Gasteiger partial charge in [0.15, 0.2) is 0 Å². The van der Waals surface area contributed by atoms with E-state index in [1.807, 2.05) is 18.4 Å². The lowest BCUT2D eigenvalue weighted by Crippen LogP contribution is -2.31. The fourth-order valence-electron chi connectivity index (χ4n) is 2.67. The Morgan fingerprint density at radius 1 is 1.45 bits per heavy atom. The van der Waals surface area contributed by atoms with Gasteiger partial charge in [-0.05, 0) is 18.9 Å². The minimum absolute atomic E-state index is 0.0861. The first-order valence-corrected chi connectivity index (χ1v) is 7.08. The van der Waals surface area contributed by atoms with Crippen LogP contribution in [0.4, 0.5) is 0 Å². The SMILES string of the molecule is CCn1cc(Cl)cc1C(=O)N1CC(C)C(C(=O)OC)C1. The molecule has 0 saturated carbocycles. The van der Waals surface area contributed by atoms with Gasteiger partial charge in [-0.15, -0.1) is 0 Å². The van der Waals surface area contributed by atoms with E-state index in [0.29, 0.717) is 30.4 Å². The third-order valence-corrected chi connectivity index (χ3v) is 4.03. The van der Waals surface area contributed by atoms with E-state index >= 15 is 0 Å². The topological polar surface area (TPSA) is 51.5 Å². The molecular formula is C14H19ClN2O3. The predicted octanol–water partition coefficient (Wildman–Crippen LogP) is 2.04. The van der Waals surface area contributed by atoms with Gasteiger partial charge in [0.05, 0.1) is 18.1 Å². The second kappa shape index (κ2) is 5.87. The number of hydrogen-bond donors (Lipinski definition) is 0. The lowest BCUT2D eigenvalue weighted by molar-refractivity contribution is -0.146. The Hall–Kier alpha value is -1.49. The smallest absolute Gasteiger partial charge is 0.310 e. The molecule has 20 heavy (non-hydrogen) atoms. The van der Waals surface area contributed by atoms with Gasteiger partial charge in [0.2, 0.25) is 0 Å². The fraction of sp³-hybridized carbons (Fsp3) is 0.571. The highest BCUT2D eigenvalue weighted by Gasteiger charge is 2.38. The lowest BCUT2D eigenvalue weighted by Gasteiger charge is -2.17. The summed E-state index contributed by atoms with van der Waals surface area (Å²) in [4.78, 5) is 25.9. The molecule has 0 aliphatic carbocycles. The molecule has 5 nitrogen and oxygen atoms in total. The highest BCUT2D eigenvalue weighted by atomic mass is 35.5. The van der Waals surface area contributed by atoms with E-state index in [1.165, 1.54) is 7.11 Å². The van der Waals surface area contributed by atoms with Gasteiger partial charge in [0.25, 0.3) is 5.91 Å². The Balaban J connectivity index is 2.16. The number of nitrogens with zero attached hydrogens (tertiary/aromatic N) is 2. The average Bonchev–Trinajstić information content (AvgIpc) is 3.00. The number of amides is 1. The molecule has 0 spiro atoms. The number of aryl methyl sites for hydroxylation is 1. The molecule has 6 heteroatoms. The summed E-state index contributed by atoms with van der Waals surface area (Å²) in [7, 11) is 1.38. The van der Waals surface area contributed by atoms with Crippen LogP contribution >= 0.6 is 11.6 Å². The van der Waals surface area contributed by atoms with E-state index in [1.54, 1.807) is 17.2 Å². The van der Waals surface area contributed by atoms with Gasteiger partial charge < -0.3 is 14.2 Å². The third kappa shape index (κ3) is 2.68. The maximum atomic E-state index is 12.5. The molecule has 2 unspecified atom stereocenters. The minimum Gasteiger partial charge on any atom is -0.469 e. The van der Waals surface area contributed by atoms with Crippen molar-refractivity contribution in [2.45, 2.75) is 20.4 Å². The third-order valence-electron chi connectivity index (χ3n) is 3.83. The molecule has 110 valence electrons. The Morgan fingerprint density at radius 3 is 2.75 bits per heavy atom. The number of methoxy groups -OCH3 is 1. The number of carbonyl (C=O) groups is 2. The molecule has 1 aromatic rings. The monoisotopic (exact) mass is 298 g/mol. The van der Waals surface area contributed by atoms with Crippen LogP contribution in [0.5, 0.6) is 0 Å². The van der Waals surface area contributed by atoms with Crippen LogP contribution in [0.2, 0.25) is 5.02 Å². The van der Waals surface area contributed by atoms with Crippen LogP contribution in [0.25, 0.3) is 0 Å². The summed E-state index contributed by atoms with van der Waals surface area (Å²) in [6.07, 6.45) is 1.74. The first-order chi connectivity index (χ1) is 9.47. The van der Waals surface area contributed by atoms with Crippen molar-refractivity contribution >= 4 is 23.5 Å². The van der Waals surface area contributed by atoms with E-state index in [9.17, 15) is 9.59 Å². The summed E-state index contributed by atoms with van der Waals surface area (Å²) in [6, 6.07) is 1.67. The van der Waals surface area contributed by atoms with E-state index in [-0.39, 0.29) is 23.7 Å². The van der Waals surface area contributed by atoms with Crippen LogP contribution < -0.4 is 0 Å². The van der Waals surface area contributed by atoms with Gasteiger partial charge in [-0.25, -0.2) is 0 Å². The quantitative estimate of drug-likeness (QED) is 0.803. The number of esters is 1. The normalized spacial score (nSPS) is 22.1. The molecule has 1 aliphatic rings.